The van der Waals surface area contributed by atoms with E-state index in [1.165, 1.54) is 5.56 Å². The Balaban J connectivity index is 1.99. The molecule has 18 heavy (non-hydrogen) atoms. The van der Waals surface area contributed by atoms with Gasteiger partial charge in [0.1, 0.15) is 5.15 Å². The van der Waals surface area contributed by atoms with Crippen LogP contribution in [0.1, 0.15) is 22.5 Å². The van der Waals surface area contributed by atoms with E-state index < -0.39 is 0 Å². The maximum absolute atomic E-state index is 6.17. The molecule has 0 amide bonds. The molecule has 0 saturated heterocycles. The fourth-order valence-corrected chi connectivity index (χ4v) is 2.13. The highest BCUT2D eigenvalue weighted by atomic mass is 35.5. The summed E-state index contributed by atoms with van der Waals surface area (Å²) in [5.41, 5.74) is 4.27. The highest BCUT2D eigenvalue weighted by molar-refractivity contribution is 6.30. The molecule has 0 spiro atoms. The number of rotatable bonds is 4. The average molecular weight is 265 g/mol. The van der Waals surface area contributed by atoms with E-state index in [-0.39, 0.29) is 0 Å². The Morgan fingerprint density at radius 2 is 2.11 bits per heavy atom. The van der Waals surface area contributed by atoms with Gasteiger partial charge in [-0.1, -0.05) is 17.7 Å². The van der Waals surface area contributed by atoms with E-state index in [0.29, 0.717) is 11.7 Å². The van der Waals surface area contributed by atoms with E-state index in [1.807, 2.05) is 26.2 Å². The Labute approximate surface area is 112 Å². The molecule has 0 aliphatic heterocycles. The fourth-order valence-electron chi connectivity index (χ4n) is 1.88. The van der Waals surface area contributed by atoms with Gasteiger partial charge in [-0.15, -0.1) is 0 Å². The number of hydrogen-bond donors (Lipinski definition) is 1. The van der Waals surface area contributed by atoms with Gasteiger partial charge in [-0.3, -0.25) is 9.67 Å². The molecule has 0 aromatic carbocycles. The molecular weight excluding hydrogens is 248 g/mol. The molecule has 0 aliphatic carbocycles. The number of halogens is 1. The Morgan fingerprint density at radius 3 is 2.72 bits per heavy atom. The van der Waals surface area contributed by atoms with Gasteiger partial charge in [0.15, 0.2) is 0 Å². The molecule has 4 nitrogen and oxygen atoms in total. The highest BCUT2D eigenvalue weighted by Crippen LogP contribution is 2.18. The molecule has 0 fully saturated rings. The van der Waals surface area contributed by atoms with E-state index in [9.17, 15) is 0 Å². The quantitative estimate of drug-likeness (QED) is 0.922. The third-order valence-electron chi connectivity index (χ3n) is 2.98. The van der Waals surface area contributed by atoms with Crippen molar-refractivity contribution in [2.75, 3.05) is 0 Å². The summed E-state index contributed by atoms with van der Waals surface area (Å²) in [5, 5.41) is 8.33. The summed E-state index contributed by atoms with van der Waals surface area (Å²) in [4.78, 5) is 4.34. The van der Waals surface area contributed by atoms with Crippen molar-refractivity contribution in [2.24, 2.45) is 7.05 Å². The minimum atomic E-state index is 0.692. The highest BCUT2D eigenvalue weighted by Gasteiger charge is 2.10. The SMILES string of the molecule is Cc1cccnc1CNCc1c(C)nn(C)c1Cl. The molecule has 0 aliphatic rings. The largest absolute Gasteiger partial charge is 0.307 e. The monoisotopic (exact) mass is 264 g/mol. The number of hydrogen-bond acceptors (Lipinski definition) is 3. The van der Waals surface area contributed by atoms with E-state index >= 15 is 0 Å². The Morgan fingerprint density at radius 1 is 1.33 bits per heavy atom. The topological polar surface area (TPSA) is 42.7 Å². The molecule has 0 atom stereocenters. The maximum Gasteiger partial charge on any atom is 0.131 e. The van der Waals surface area contributed by atoms with Gasteiger partial charge in [-0.2, -0.15) is 5.10 Å². The first-order chi connectivity index (χ1) is 8.59. The van der Waals surface area contributed by atoms with Crippen LogP contribution in [0, 0.1) is 13.8 Å². The van der Waals surface area contributed by atoms with Gasteiger partial charge >= 0.3 is 0 Å². The summed E-state index contributed by atoms with van der Waals surface area (Å²) in [7, 11) is 1.85. The maximum atomic E-state index is 6.17. The van der Waals surface area contributed by atoms with E-state index in [2.05, 4.69) is 28.4 Å². The lowest BCUT2D eigenvalue weighted by Gasteiger charge is -2.06. The van der Waals surface area contributed by atoms with Crippen LogP contribution in [0.4, 0.5) is 0 Å². The average Bonchev–Trinajstić information content (AvgIpc) is 2.58. The van der Waals surface area contributed by atoms with Crippen LogP contribution in [0.25, 0.3) is 0 Å². The Hall–Kier alpha value is -1.39. The summed E-state index contributed by atoms with van der Waals surface area (Å²) in [6.07, 6.45) is 1.81. The van der Waals surface area contributed by atoms with Crippen LogP contribution in [0.15, 0.2) is 18.3 Å². The molecule has 2 aromatic rings. The Bertz CT molecular complexity index is 548. The summed E-state index contributed by atoms with van der Waals surface area (Å²) in [5.74, 6) is 0. The second-order valence-electron chi connectivity index (χ2n) is 4.35. The van der Waals surface area contributed by atoms with Gasteiger partial charge in [-0.25, -0.2) is 0 Å². The van der Waals surface area contributed by atoms with Crippen molar-refractivity contribution >= 4 is 11.6 Å². The molecule has 0 unspecified atom stereocenters. The molecule has 0 bridgehead atoms. The number of nitrogens with zero attached hydrogens (tertiary/aromatic N) is 3. The summed E-state index contributed by atoms with van der Waals surface area (Å²) < 4.78 is 1.69. The van der Waals surface area contributed by atoms with E-state index in [0.717, 1.165) is 23.5 Å². The molecule has 1 N–H and O–H groups in total. The minimum Gasteiger partial charge on any atom is -0.307 e. The predicted octanol–water partition coefficient (Wildman–Crippen LogP) is 2.38. The van der Waals surface area contributed by atoms with Gasteiger partial charge < -0.3 is 5.32 Å². The van der Waals surface area contributed by atoms with Crippen LogP contribution < -0.4 is 5.32 Å². The first-order valence-corrected chi connectivity index (χ1v) is 6.26. The summed E-state index contributed by atoms with van der Waals surface area (Å²) in [6, 6.07) is 4.01. The van der Waals surface area contributed by atoms with Crippen LogP contribution >= 0.6 is 11.6 Å². The molecule has 0 saturated carbocycles. The molecule has 2 heterocycles. The van der Waals surface area contributed by atoms with Crippen molar-refractivity contribution < 1.29 is 0 Å². The number of nitrogens with one attached hydrogen (secondary N) is 1. The molecule has 2 aromatic heterocycles. The molecular formula is C13H17ClN4. The molecule has 0 radical (unpaired) electrons. The van der Waals surface area contributed by atoms with Gasteiger partial charge in [0.25, 0.3) is 0 Å². The predicted molar refractivity (Wildman–Crippen MR) is 72.5 cm³/mol. The van der Waals surface area contributed by atoms with Crippen LogP contribution in [-0.2, 0) is 20.1 Å². The van der Waals surface area contributed by atoms with Gasteiger partial charge in [0.2, 0.25) is 0 Å². The number of pyridine rings is 1. The van der Waals surface area contributed by atoms with Crippen LogP contribution in [-0.4, -0.2) is 14.8 Å². The first-order valence-electron chi connectivity index (χ1n) is 5.88. The summed E-state index contributed by atoms with van der Waals surface area (Å²) >= 11 is 6.17. The standard InChI is InChI=1S/C13H17ClN4/c1-9-5-4-6-16-12(9)8-15-7-11-10(2)17-18(3)13(11)14/h4-6,15H,7-8H2,1-3H3. The molecule has 5 heteroatoms. The zero-order chi connectivity index (χ0) is 13.1. The van der Waals surface area contributed by atoms with Crippen LogP contribution in [0.3, 0.4) is 0 Å². The van der Waals surface area contributed by atoms with E-state index in [4.69, 9.17) is 11.6 Å². The zero-order valence-corrected chi connectivity index (χ0v) is 11.6. The third kappa shape index (κ3) is 2.71. The fraction of sp³-hybridized carbons (Fsp3) is 0.385. The van der Waals surface area contributed by atoms with Crippen molar-refractivity contribution in [3.8, 4) is 0 Å². The summed E-state index contributed by atoms with van der Waals surface area (Å²) in [6.45, 7) is 5.47. The lowest BCUT2D eigenvalue weighted by atomic mass is 10.2. The number of aryl methyl sites for hydroxylation is 3. The van der Waals surface area contributed by atoms with Crippen LogP contribution in [0.5, 0.6) is 0 Å². The van der Waals surface area contributed by atoms with Crippen LogP contribution in [0.2, 0.25) is 5.15 Å². The van der Waals surface area contributed by atoms with Crippen molar-refractivity contribution in [1.29, 1.82) is 0 Å². The lowest BCUT2D eigenvalue weighted by Crippen LogP contribution is -2.15. The van der Waals surface area contributed by atoms with Crippen molar-refractivity contribution in [3.05, 3.63) is 46.0 Å². The number of aromatic nitrogens is 3. The zero-order valence-electron chi connectivity index (χ0n) is 10.9. The van der Waals surface area contributed by atoms with Crippen molar-refractivity contribution in [1.82, 2.24) is 20.1 Å². The second kappa shape index (κ2) is 5.50. The van der Waals surface area contributed by atoms with Gasteiger partial charge in [-0.05, 0) is 25.5 Å². The lowest BCUT2D eigenvalue weighted by molar-refractivity contribution is 0.673. The van der Waals surface area contributed by atoms with Gasteiger partial charge in [0, 0.05) is 31.9 Å². The van der Waals surface area contributed by atoms with E-state index in [1.54, 1.807) is 4.68 Å². The first kappa shape index (κ1) is 13.1. The smallest absolute Gasteiger partial charge is 0.131 e. The second-order valence-corrected chi connectivity index (χ2v) is 4.71. The Kier molecular flexibility index (Phi) is 3.99. The third-order valence-corrected chi connectivity index (χ3v) is 3.45. The van der Waals surface area contributed by atoms with Gasteiger partial charge in [0.05, 0.1) is 11.4 Å². The van der Waals surface area contributed by atoms with Crippen molar-refractivity contribution in [3.63, 3.8) is 0 Å². The minimum absolute atomic E-state index is 0.692. The van der Waals surface area contributed by atoms with Crippen molar-refractivity contribution in [2.45, 2.75) is 26.9 Å². The molecule has 2 rings (SSSR count). The normalized spacial score (nSPS) is 10.9. The molecule has 96 valence electrons.